The van der Waals surface area contributed by atoms with Gasteiger partial charge in [-0.3, -0.25) is 9.59 Å². The first-order chi connectivity index (χ1) is 14.3. The molecule has 1 heterocycles. The van der Waals surface area contributed by atoms with Gasteiger partial charge < -0.3 is 9.88 Å². The average Bonchev–Trinajstić information content (AvgIpc) is 3.15. The number of carbonyl (C=O) groups excluding carboxylic acids is 2. The molecule has 0 saturated heterocycles. The van der Waals surface area contributed by atoms with Crippen LogP contribution in [-0.2, 0) is 11.3 Å². The SMILES string of the molecule is CC(=O)c1ccc(SCC(=O)Nc2cccc(Cn3ccnc3C(C)C)c2)c(F)c1. The Morgan fingerprint density at radius 1 is 1.20 bits per heavy atom. The minimum absolute atomic E-state index is 0.0690. The summed E-state index contributed by atoms with van der Waals surface area (Å²) in [6.07, 6.45) is 3.74. The van der Waals surface area contributed by atoms with Crippen molar-refractivity contribution in [3.8, 4) is 0 Å². The number of rotatable bonds is 8. The molecule has 1 N–H and O–H groups in total. The molecule has 1 amide bonds. The van der Waals surface area contributed by atoms with Crippen LogP contribution in [0.1, 0.15) is 48.4 Å². The van der Waals surface area contributed by atoms with Crippen LogP contribution in [0.15, 0.2) is 59.8 Å². The third kappa shape index (κ3) is 5.57. The van der Waals surface area contributed by atoms with Gasteiger partial charge in [-0.1, -0.05) is 32.0 Å². The Bertz CT molecular complexity index is 1060. The van der Waals surface area contributed by atoms with E-state index < -0.39 is 5.82 Å². The first-order valence-corrected chi connectivity index (χ1v) is 10.6. The van der Waals surface area contributed by atoms with E-state index in [0.29, 0.717) is 28.6 Å². The zero-order valence-corrected chi connectivity index (χ0v) is 18.0. The number of Topliss-reactive ketones (excluding diaryl/α,β-unsaturated/α-hetero) is 1. The van der Waals surface area contributed by atoms with Gasteiger partial charge in [0.25, 0.3) is 0 Å². The predicted octanol–water partition coefficient (Wildman–Crippen LogP) is 5.13. The molecule has 0 atom stereocenters. The first kappa shape index (κ1) is 21.8. The molecule has 1 aromatic heterocycles. The van der Waals surface area contributed by atoms with E-state index in [1.165, 1.54) is 19.1 Å². The molecule has 0 aliphatic carbocycles. The third-order valence-corrected chi connectivity index (χ3v) is 5.57. The Hall–Kier alpha value is -2.93. The molecule has 0 aliphatic rings. The lowest BCUT2D eigenvalue weighted by Gasteiger charge is -2.12. The fourth-order valence-corrected chi connectivity index (χ4v) is 3.80. The van der Waals surface area contributed by atoms with E-state index in [-0.39, 0.29) is 17.4 Å². The monoisotopic (exact) mass is 425 g/mol. The van der Waals surface area contributed by atoms with Crippen molar-refractivity contribution >= 4 is 29.1 Å². The van der Waals surface area contributed by atoms with E-state index >= 15 is 0 Å². The summed E-state index contributed by atoms with van der Waals surface area (Å²) >= 11 is 1.10. The lowest BCUT2D eigenvalue weighted by Crippen LogP contribution is -2.14. The van der Waals surface area contributed by atoms with E-state index in [1.807, 2.05) is 30.5 Å². The number of halogens is 1. The van der Waals surface area contributed by atoms with Gasteiger partial charge in [0.1, 0.15) is 11.6 Å². The van der Waals surface area contributed by atoms with Gasteiger partial charge in [-0.15, -0.1) is 11.8 Å². The van der Waals surface area contributed by atoms with Crippen molar-refractivity contribution in [3.63, 3.8) is 0 Å². The molecule has 7 heteroatoms. The van der Waals surface area contributed by atoms with Gasteiger partial charge in [0.2, 0.25) is 5.91 Å². The topological polar surface area (TPSA) is 64.0 Å². The summed E-state index contributed by atoms with van der Waals surface area (Å²) in [5.74, 6) is 0.490. The number of aromatic nitrogens is 2. The second-order valence-electron chi connectivity index (χ2n) is 7.31. The molecule has 0 radical (unpaired) electrons. The lowest BCUT2D eigenvalue weighted by molar-refractivity contribution is -0.113. The Balaban J connectivity index is 1.60. The van der Waals surface area contributed by atoms with Crippen LogP contribution in [0, 0.1) is 5.82 Å². The van der Waals surface area contributed by atoms with Crippen LogP contribution in [0.4, 0.5) is 10.1 Å². The molecule has 0 bridgehead atoms. The summed E-state index contributed by atoms with van der Waals surface area (Å²) in [6, 6.07) is 11.9. The number of anilines is 1. The number of ketones is 1. The number of hydrogen-bond donors (Lipinski definition) is 1. The van der Waals surface area contributed by atoms with E-state index in [2.05, 4.69) is 28.7 Å². The Kier molecular flexibility index (Phi) is 7.05. The summed E-state index contributed by atoms with van der Waals surface area (Å²) in [4.78, 5) is 28.4. The van der Waals surface area contributed by atoms with Crippen molar-refractivity contribution in [2.75, 3.05) is 11.1 Å². The summed E-state index contributed by atoms with van der Waals surface area (Å²) in [6.45, 7) is 6.26. The maximum atomic E-state index is 14.1. The Labute approximate surface area is 179 Å². The number of carbonyl (C=O) groups is 2. The zero-order valence-electron chi connectivity index (χ0n) is 17.2. The largest absolute Gasteiger partial charge is 0.330 e. The predicted molar refractivity (Wildman–Crippen MR) is 118 cm³/mol. The summed E-state index contributed by atoms with van der Waals surface area (Å²) in [7, 11) is 0. The van der Waals surface area contributed by atoms with Crippen molar-refractivity contribution in [2.45, 2.75) is 38.1 Å². The molecular formula is C23H24FN3O2S. The van der Waals surface area contributed by atoms with Crippen molar-refractivity contribution < 1.29 is 14.0 Å². The van der Waals surface area contributed by atoms with Crippen LogP contribution in [-0.4, -0.2) is 27.0 Å². The van der Waals surface area contributed by atoms with Crippen LogP contribution < -0.4 is 5.32 Å². The highest BCUT2D eigenvalue weighted by Gasteiger charge is 2.11. The molecule has 2 aromatic carbocycles. The first-order valence-electron chi connectivity index (χ1n) is 9.66. The second kappa shape index (κ2) is 9.71. The van der Waals surface area contributed by atoms with E-state index in [9.17, 15) is 14.0 Å². The van der Waals surface area contributed by atoms with Crippen LogP contribution in [0.5, 0.6) is 0 Å². The maximum Gasteiger partial charge on any atom is 0.234 e. The van der Waals surface area contributed by atoms with Crippen LogP contribution >= 0.6 is 11.8 Å². The van der Waals surface area contributed by atoms with Gasteiger partial charge in [-0.2, -0.15) is 0 Å². The third-order valence-electron chi connectivity index (χ3n) is 4.52. The van der Waals surface area contributed by atoms with Crippen molar-refractivity contribution in [1.82, 2.24) is 9.55 Å². The van der Waals surface area contributed by atoms with Crippen LogP contribution in [0.25, 0.3) is 0 Å². The van der Waals surface area contributed by atoms with E-state index in [4.69, 9.17) is 0 Å². The minimum atomic E-state index is -0.496. The van der Waals surface area contributed by atoms with Gasteiger partial charge in [-0.05, 0) is 36.8 Å². The lowest BCUT2D eigenvalue weighted by atomic mass is 10.1. The number of amides is 1. The number of benzene rings is 2. The fraction of sp³-hybridized carbons (Fsp3) is 0.261. The number of hydrogen-bond acceptors (Lipinski definition) is 4. The Morgan fingerprint density at radius 3 is 2.70 bits per heavy atom. The fourth-order valence-electron chi connectivity index (χ4n) is 3.08. The molecule has 156 valence electrons. The molecule has 0 aliphatic heterocycles. The highest BCUT2D eigenvalue weighted by atomic mass is 32.2. The molecule has 30 heavy (non-hydrogen) atoms. The summed E-state index contributed by atoms with van der Waals surface area (Å²) in [5, 5.41) is 2.86. The average molecular weight is 426 g/mol. The van der Waals surface area contributed by atoms with Crippen LogP contribution in [0.2, 0.25) is 0 Å². The Morgan fingerprint density at radius 2 is 2.00 bits per heavy atom. The number of nitrogens with zero attached hydrogens (tertiary/aromatic N) is 2. The summed E-state index contributed by atoms with van der Waals surface area (Å²) < 4.78 is 16.2. The minimum Gasteiger partial charge on any atom is -0.330 e. The number of imidazole rings is 1. The molecule has 3 rings (SSSR count). The van der Waals surface area contributed by atoms with Gasteiger partial charge in [-0.25, -0.2) is 9.37 Å². The van der Waals surface area contributed by atoms with Gasteiger partial charge in [0, 0.05) is 41.0 Å². The highest BCUT2D eigenvalue weighted by Crippen LogP contribution is 2.23. The van der Waals surface area contributed by atoms with E-state index in [1.54, 1.807) is 12.3 Å². The normalized spacial score (nSPS) is 11.0. The van der Waals surface area contributed by atoms with Gasteiger partial charge in [0.15, 0.2) is 5.78 Å². The van der Waals surface area contributed by atoms with Crippen molar-refractivity contribution in [1.29, 1.82) is 0 Å². The zero-order chi connectivity index (χ0) is 21.7. The van der Waals surface area contributed by atoms with Crippen LogP contribution in [0.3, 0.4) is 0 Å². The highest BCUT2D eigenvalue weighted by molar-refractivity contribution is 8.00. The molecule has 0 unspecified atom stereocenters. The molecule has 3 aromatic rings. The number of nitrogens with one attached hydrogen (secondary N) is 1. The second-order valence-corrected chi connectivity index (χ2v) is 8.32. The quantitative estimate of drug-likeness (QED) is 0.402. The maximum absolute atomic E-state index is 14.1. The number of thioether (sulfide) groups is 1. The summed E-state index contributed by atoms with van der Waals surface area (Å²) in [5.41, 5.74) is 2.06. The van der Waals surface area contributed by atoms with Crippen molar-refractivity contribution in [3.05, 3.63) is 77.6 Å². The molecule has 0 saturated carbocycles. The van der Waals surface area contributed by atoms with Crippen molar-refractivity contribution in [2.24, 2.45) is 0 Å². The standard InChI is InChI=1S/C23H24FN3O2S/c1-15(2)23-25-9-10-27(23)13-17-5-4-6-19(11-17)26-22(29)14-30-21-8-7-18(16(3)28)12-20(21)24/h4-12,15H,13-14H2,1-3H3,(H,26,29). The smallest absolute Gasteiger partial charge is 0.234 e. The van der Waals surface area contributed by atoms with Gasteiger partial charge >= 0.3 is 0 Å². The molecule has 0 fully saturated rings. The molecule has 0 spiro atoms. The van der Waals surface area contributed by atoms with Gasteiger partial charge in [0.05, 0.1) is 5.75 Å². The van der Waals surface area contributed by atoms with E-state index in [0.717, 1.165) is 23.1 Å². The molecular weight excluding hydrogens is 401 g/mol. The molecule has 5 nitrogen and oxygen atoms in total.